The summed E-state index contributed by atoms with van der Waals surface area (Å²) in [5.74, 6) is 1.85. The molecule has 0 aliphatic carbocycles. The van der Waals surface area contributed by atoms with E-state index in [0.717, 1.165) is 18.5 Å². The molecule has 0 unspecified atom stereocenters. The van der Waals surface area contributed by atoms with E-state index in [1.54, 1.807) is 51.7 Å². The van der Waals surface area contributed by atoms with Gasteiger partial charge in [-0.15, -0.1) is 0 Å². The molecule has 43 heavy (non-hydrogen) atoms. The lowest BCUT2D eigenvalue weighted by Crippen LogP contribution is -2.47. The van der Waals surface area contributed by atoms with Gasteiger partial charge in [0.1, 0.15) is 11.6 Å². The van der Waals surface area contributed by atoms with Crippen LogP contribution in [0.2, 0.25) is 0 Å². The number of likely N-dealkylation sites (tertiary alicyclic amines) is 1. The molecule has 11 heteroatoms. The lowest BCUT2D eigenvalue weighted by Gasteiger charge is -2.40. The predicted octanol–water partition coefficient (Wildman–Crippen LogP) is 4.46. The number of hydrogen-bond acceptors (Lipinski definition) is 8. The molecule has 11 nitrogen and oxygen atoms in total. The Labute approximate surface area is 250 Å². The minimum Gasteiger partial charge on any atom is -0.490 e. The SMILES string of the molecule is CNC(=O)n1ccc2cc(Oc3ccnc(NC(=O)c4ccc(C5CN(C[C@@H](C)O)C5)cc4)c3)c(OCCCOC)cc21. The van der Waals surface area contributed by atoms with E-state index in [-0.39, 0.29) is 18.0 Å². The molecule has 0 spiro atoms. The van der Waals surface area contributed by atoms with Gasteiger partial charge in [0.2, 0.25) is 0 Å². The highest BCUT2D eigenvalue weighted by Gasteiger charge is 2.28. The van der Waals surface area contributed by atoms with Gasteiger partial charge in [-0.25, -0.2) is 9.78 Å². The summed E-state index contributed by atoms with van der Waals surface area (Å²) < 4.78 is 18.9. The van der Waals surface area contributed by atoms with Crippen LogP contribution in [0.5, 0.6) is 17.2 Å². The molecule has 1 aliphatic heterocycles. The molecule has 4 aromatic rings. The van der Waals surface area contributed by atoms with Crippen LogP contribution in [-0.2, 0) is 4.74 Å². The first-order valence-corrected chi connectivity index (χ1v) is 14.3. The van der Waals surface area contributed by atoms with Crippen molar-refractivity contribution in [2.24, 2.45) is 0 Å². The Kier molecular flexibility index (Phi) is 9.55. The fraction of sp³-hybridized carbons (Fsp3) is 0.344. The van der Waals surface area contributed by atoms with Crippen molar-refractivity contribution >= 4 is 28.7 Å². The predicted molar refractivity (Wildman–Crippen MR) is 163 cm³/mol. The zero-order chi connectivity index (χ0) is 30.3. The van der Waals surface area contributed by atoms with Gasteiger partial charge in [0, 0.05) is 88.2 Å². The van der Waals surface area contributed by atoms with Crippen molar-refractivity contribution in [3.05, 3.63) is 78.1 Å². The Balaban J connectivity index is 1.28. The van der Waals surface area contributed by atoms with Crippen LogP contribution in [0.4, 0.5) is 10.6 Å². The van der Waals surface area contributed by atoms with Crippen LogP contribution < -0.4 is 20.1 Å². The van der Waals surface area contributed by atoms with Crippen molar-refractivity contribution in [1.82, 2.24) is 19.8 Å². The van der Waals surface area contributed by atoms with Gasteiger partial charge in [0.25, 0.3) is 5.91 Å². The number of benzene rings is 2. The van der Waals surface area contributed by atoms with Gasteiger partial charge < -0.3 is 30.0 Å². The smallest absolute Gasteiger partial charge is 0.325 e. The van der Waals surface area contributed by atoms with Crippen LogP contribution >= 0.6 is 0 Å². The molecular formula is C32H37N5O6. The van der Waals surface area contributed by atoms with Crippen LogP contribution in [0.1, 0.15) is 35.2 Å². The second kappa shape index (κ2) is 13.7. The summed E-state index contributed by atoms with van der Waals surface area (Å²) >= 11 is 0. The summed E-state index contributed by atoms with van der Waals surface area (Å²) in [5.41, 5.74) is 2.38. The third-order valence-electron chi connectivity index (χ3n) is 7.26. The average molecular weight is 588 g/mol. The largest absolute Gasteiger partial charge is 0.490 e. The number of anilines is 1. The summed E-state index contributed by atoms with van der Waals surface area (Å²) in [6.45, 7) is 5.22. The lowest BCUT2D eigenvalue weighted by atomic mass is 9.90. The van der Waals surface area contributed by atoms with Gasteiger partial charge in [0.05, 0.1) is 18.2 Å². The maximum atomic E-state index is 13.0. The summed E-state index contributed by atoms with van der Waals surface area (Å²) in [7, 11) is 3.21. The van der Waals surface area contributed by atoms with Gasteiger partial charge >= 0.3 is 6.03 Å². The fourth-order valence-corrected chi connectivity index (χ4v) is 5.09. The number of nitrogens with zero attached hydrogens (tertiary/aromatic N) is 3. The molecule has 226 valence electrons. The van der Waals surface area contributed by atoms with Crippen LogP contribution in [0.15, 0.2) is 67.0 Å². The Morgan fingerprint density at radius 1 is 1.07 bits per heavy atom. The quantitative estimate of drug-likeness (QED) is 0.207. The molecule has 1 saturated heterocycles. The van der Waals surface area contributed by atoms with E-state index in [4.69, 9.17) is 14.2 Å². The summed E-state index contributed by atoms with van der Waals surface area (Å²) in [6, 6.07) is 16.1. The number of methoxy groups -OCH3 is 1. The third kappa shape index (κ3) is 7.31. The van der Waals surface area contributed by atoms with E-state index < -0.39 is 0 Å². The van der Waals surface area contributed by atoms with Crippen molar-refractivity contribution in [3.8, 4) is 17.2 Å². The molecule has 3 N–H and O–H groups in total. The average Bonchev–Trinajstić information content (AvgIpc) is 3.39. The highest BCUT2D eigenvalue weighted by molar-refractivity contribution is 6.03. The number of aliphatic hydroxyl groups is 1. The first-order valence-electron chi connectivity index (χ1n) is 14.3. The second-order valence-electron chi connectivity index (χ2n) is 10.6. The number of nitrogens with one attached hydrogen (secondary N) is 2. The molecule has 3 heterocycles. The number of fused-ring (bicyclic) bond motifs is 1. The topological polar surface area (TPSA) is 127 Å². The van der Waals surface area contributed by atoms with Crippen LogP contribution in [0.25, 0.3) is 10.9 Å². The monoisotopic (exact) mass is 587 g/mol. The van der Waals surface area contributed by atoms with Crippen LogP contribution in [0.3, 0.4) is 0 Å². The maximum Gasteiger partial charge on any atom is 0.325 e. The first kappa shape index (κ1) is 30.0. The van der Waals surface area contributed by atoms with Crippen molar-refractivity contribution in [1.29, 1.82) is 0 Å². The van der Waals surface area contributed by atoms with Crippen LogP contribution in [0, 0.1) is 0 Å². The number of β-amino-alcohol motifs (C(OH)–C–C–N with tert-alkyl or cyclic N) is 1. The van der Waals surface area contributed by atoms with E-state index in [1.165, 1.54) is 10.1 Å². The molecule has 5 rings (SSSR count). The highest BCUT2D eigenvalue weighted by Crippen LogP contribution is 2.37. The maximum absolute atomic E-state index is 13.0. The lowest BCUT2D eigenvalue weighted by molar-refractivity contribution is 0.0741. The Bertz CT molecular complexity index is 1560. The molecule has 1 fully saturated rings. The number of rotatable bonds is 12. The zero-order valence-corrected chi connectivity index (χ0v) is 24.6. The van der Waals surface area contributed by atoms with E-state index in [1.807, 2.05) is 36.4 Å². The molecule has 1 aliphatic rings. The van der Waals surface area contributed by atoms with E-state index in [0.29, 0.717) is 66.2 Å². The Morgan fingerprint density at radius 2 is 1.86 bits per heavy atom. The number of amides is 2. The summed E-state index contributed by atoms with van der Waals surface area (Å²) in [5, 5.41) is 15.8. The first-order chi connectivity index (χ1) is 20.8. The van der Waals surface area contributed by atoms with E-state index >= 15 is 0 Å². The number of pyridine rings is 1. The highest BCUT2D eigenvalue weighted by atomic mass is 16.5. The van der Waals surface area contributed by atoms with E-state index in [2.05, 4.69) is 20.5 Å². The van der Waals surface area contributed by atoms with Crippen molar-refractivity contribution in [2.75, 3.05) is 52.3 Å². The minimum absolute atomic E-state index is 0.263. The van der Waals surface area contributed by atoms with Crippen molar-refractivity contribution in [2.45, 2.75) is 25.4 Å². The molecule has 2 aromatic heterocycles. The van der Waals surface area contributed by atoms with Gasteiger partial charge in [-0.05, 0) is 42.8 Å². The Hall–Kier alpha value is -4.45. The van der Waals surface area contributed by atoms with Gasteiger partial charge in [-0.3, -0.25) is 14.3 Å². The Morgan fingerprint density at radius 3 is 2.58 bits per heavy atom. The molecular weight excluding hydrogens is 550 g/mol. The van der Waals surface area contributed by atoms with E-state index in [9.17, 15) is 14.7 Å². The number of hydrogen-bond donors (Lipinski definition) is 3. The van der Waals surface area contributed by atoms with Gasteiger partial charge in [0.15, 0.2) is 11.5 Å². The number of carbonyl (C=O) groups is 2. The van der Waals surface area contributed by atoms with Crippen molar-refractivity contribution in [3.63, 3.8) is 0 Å². The fourth-order valence-electron chi connectivity index (χ4n) is 5.09. The number of aromatic nitrogens is 2. The standard InChI is InChI=1S/C32H37N5O6/c1-21(38)18-36-19-25(20-36)22-5-7-23(8-6-22)31(39)35-30-16-26(9-11-34-30)43-29-15-24-10-12-37(32(40)33-2)27(24)17-28(29)42-14-4-13-41-3/h5-12,15-17,21,25,38H,4,13-14,18-20H2,1-3H3,(H,33,40)(H,34,35,39)/t21-/m1/s1. The molecule has 1 atom stereocenters. The molecule has 0 bridgehead atoms. The molecule has 2 amide bonds. The number of aliphatic hydroxyl groups excluding tert-OH is 1. The number of carbonyl (C=O) groups excluding carboxylic acids is 2. The molecule has 2 aromatic carbocycles. The van der Waals surface area contributed by atoms with Gasteiger partial charge in [-0.2, -0.15) is 0 Å². The normalized spacial score (nSPS) is 14.2. The minimum atomic E-state index is -0.335. The second-order valence-corrected chi connectivity index (χ2v) is 10.6. The zero-order valence-electron chi connectivity index (χ0n) is 24.6. The van der Waals surface area contributed by atoms with Gasteiger partial charge in [-0.1, -0.05) is 12.1 Å². The summed E-state index contributed by atoms with van der Waals surface area (Å²) in [6.07, 6.45) is 3.59. The van der Waals surface area contributed by atoms with Crippen LogP contribution in [-0.4, -0.2) is 84.6 Å². The molecule has 0 saturated carbocycles. The number of ether oxygens (including phenoxy) is 3. The van der Waals surface area contributed by atoms with Crippen molar-refractivity contribution < 1.29 is 28.9 Å². The third-order valence-corrected chi connectivity index (χ3v) is 7.26. The molecule has 0 radical (unpaired) electrons. The summed E-state index contributed by atoms with van der Waals surface area (Å²) in [4.78, 5) is 31.8.